The molecule has 1 heterocycles. The summed E-state index contributed by atoms with van der Waals surface area (Å²) in [4.78, 5) is 0. The minimum atomic E-state index is -0.171. The Morgan fingerprint density at radius 3 is 2.83 bits per heavy atom. The van der Waals surface area contributed by atoms with Crippen LogP contribution in [-0.4, -0.2) is 6.54 Å². The molecule has 0 spiro atoms. The molecule has 34 valence electrons. The Kier molecular flexibility index (Phi) is 0.783. The number of rotatable bonds is 0. The molecule has 0 saturated heterocycles. The highest BCUT2D eigenvalue weighted by atomic mass is 19.1. The van der Waals surface area contributed by atoms with Crippen molar-refractivity contribution in [2.24, 2.45) is 0 Å². The highest BCUT2D eigenvalue weighted by molar-refractivity contribution is 4.95. The van der Waals surface area contributed by atoms with Crippen LogP contribution in [0.5, 0.6) is 0 Å². The highest BCUT2D eigenvalue weighted by Gasteiger charge is 1.96. The summed E-state index contributed by atoms with van der Waals surface area (Å²) in [7, 11) is 0. The van der Waals surface area contributed by atoms with Crippen molar-refractivity contribution >= 4 is 0 Å². The molecule has 0 saturated carbocycles. The molecule has 1 aliphatic rings. The van der Waals surface area contributed by atoms with Crippen LogP contribution in [0.4, 0.5) is 4.39 Å². The van der Waals surface area contributed by atoms with Gasteiger partial charge in [-0.15, -0.1) is 0 Å². The van der Waals surface area contributed by atoms with Crippen LogP contribution in [0.1, 0.15) is 6.42 Å². The number of hydrogen-bond donors (Lipinski definition) is 1. The SMILES string of the molecule is FC1=CCCN1. The Morgan fingerprint density at radius 1 is 1.83 bits per heavy atom. The second-order valence-electron chi connectivity index (χ2n) is 1.27. The van der Waals surface area contributed by atoms with Gasteiger partial charge in [-0.1, -0.05) is 0 Å². The molecule has 0 aromatic heterocycles. The first-order chi connectivity index (χ1) is 2.89. The number of nitrogens with one attached hydrogen (secondary N) is 1. The average Bonchev–Trinajstić information content (AvgIpc) is 1.86. The molecular weight excluding hydrogens is 81.0 g/mol. The van der Waals surface area contributed by atoms with E-state index in [0.29, 0.717) is 0 Å². The third-order valence-electron chi connectivity index (χ3n) is 0.762. The minimum absolute atomic E-state index is 0.171. The highest BCUT2D eigenvalue weighted by Crippen LogP contribution is 1.99. The molecule has 0 amide bonds. The van der Waals surface area contributed by atoms with E-state index in [9.17, 15) is 4.39 Å². The third kappa shape index (κ3) is 0.506. The van der Waals surface area contributed by atoms with Gasteiger partial charge in [0, 0.05) is 6.54 Å². The Bertz CT molecular complexity index is 77.6. The first-order valence-corrected chi connectivity index (χ1v) is 1.99. The fourth-order valence-corrected chi connectivity index (χ4v) is 0.463. The van der Waals surface area contributed by atoms with Gasteiger partial charge in [0.05, 0.1) is 0 Å². The van der Waals surface area contributed by atoms with E-state index < -0.39 is 0 Å². The molecule has 0 bridgehead atoms. The van der Waals surface area contributed by atoms with Gasteiger partial charge in [0.15, 0.2) is 5.95 Å². The monoisotopic (exact) mass is 87.0 g/mol. The maximum absolute atomic E-state index is 11.7. The van der Waals surface area contributed by atoms with Gasteiger partial charge in [-0.3, -0.25) is 0 Å². The Hall–Kier alpha value is -0.530. The van der Waals surface area contributed by atoms with Crippen LogP contribution in [0.2, 0.25) is 0 Å². The van der Waals surface area contributed by atoms with Gasteiger partial charge in [-0.2, -0.15) is 4.39 Å². The van der Waals surface area contributed by atoms with Gasteiger partial charge in [0.25, 0.3) is 0 Å². The van der Waals surface area contributed by atoms with Crippen molar-refractivity contribution in [3.8, 4) is 0 Å². The zero-order valence-electron chi connectivity index (χ0n) is 3.37. The van der Waals surface area contributed by atoms with Crippen molar-refractivity contribution in [1.82, 2.24) is 5.32 Å². The lowest BCUT2D eigenvalue weighted by Crippen LogP contribution is -2.02. The second kappa shape index (κ2) is 1.29. The van der Waals surface area contributed by atoms with E-state index in [-0.39, 0.29) is 5.95 Å². The predicted octanol–water partition coefficient (Wildman–Crippen LogP) is 0.791. The van der Waals surface area contributed by atoms with Crippen LogP contribution in [-0.2, 0) is 0 Å². The second-order valence-corrected chi connectivity index (χ2v) is 1.27. The summed E-state index contributed by atoms with van der Waals surface area (Å²) in [6.07, 6.45) is 2.38. The molecule has 0 unspecified atom stereocenters. The molecule has 0 radical (unpaired) electrons. The largest absolute Gasteiger partial charge is 0.362 e. The van der Waals surface area contributed by atoms with Crippen molar-refractivity contribution in [1.29, 1.82) is 0 Å². The van der Waals surface area contributed by atoms with Crippen LogP contribution in [0.3, 0.4) is 0 Å². The molecule has 0 aromatic rings. The van der Waals surface area contributed by atoms with E-state index in [0.717, 1.165) is 13.0 Å². The first kappa shape index (κ1) is 3.65. The van der Waals surface area contributed by atoms with Crippen molar-refractivity contribution in [2.75, 3.05) is 6.54 Å². The summed E-state index contributed by atoms with van der Waals surface area (Å²) in [6.45, 7) is 0.770. The van der Waals surface area contributed by atoms with Crippen LogP contribution < -0.4 is 5.32 Å². The number of hydrogen-bond acceptors (Lipinski definition) is 1. The van der Waals surface area contributed by atoms with Gasteiger partial charge in [-0.25, -0.2) is 0 Å². The average molecular weight is 87.1 g/mol. The molecule has 0 fully saturated rings. The molecule has 0 aliphatic carbocycles. The normalized spacial score (nSPS) is 19.8. The molecule has 1 aliphatic heterocycles. The summed E-state index contributed by atoms with van der Waals surface area (Å²) in [5, 5.41) is 2.51. The fourth-order valence-electron chi connectivity index (χ4n) is 0.463. The van der Waals surface area contributed by atoms with Crippen molar-refractivity contribution in [3.63, 3.8) is 0 Å². The predicted molar refractivity (Wildman–Crippen MR) is 21.8 cm³/mol. The van der Waals surface area contributed by atoms with Gasteiger partial charge in [-0.05, 0) is 12.5 Å². The maximum Gasteiger partial charge on any atom is 0.183 e. The Morgan fingerprint density at radius 2 is 2.67 bits per heavy atom. The maximum atomic E-state index is 11.7. The van der Waals surface area contributed by atoms with Crippen molar-refractivity contribution in [3.05, 3.63) is 12.0 Å². The smallest absolute Gasteiger partial charge is 0.183 e. The zero-order valence-corrected chi connectivity index (χ0v) is 3.37. The number of halogens is 1. The van der Waals surface area contributed by atoms with Gasteiger partial charge >= 0.3 is 0 Å². The van der Waals surface area contributed by atoms with Gasteiger partial charge in [0.1, 0.15) is 0 Å². The molecule has 0 atom stereocenters. The van der Waals surface area contributed by atoms with Crippen molar-refractivity contribution < 1.29 is 4.39 Å². The minimum Gasteiger partial charge on any atom is -0.362 e. The lowest BCUT2D eigenvalue weighted by Gasteiger charge is -1.84. The van der Waals surface area contributed by atoms with Gasteiger partial charge in [0.2, 0.25) is 0 Å². The Labute approximate surface area is 35.9 Å². The van der Waals surface area contributed by atoms with E-state index in [1.807, 2.05) is 0 Å². The Balaban J connectivity index is 2.45. The quantitative estimate of drug-likeness (QED) is 0.431. The van der Waals surface area contributed by atoms with E-state index in [1.54, 1.807) is 6.08 Å². The van der Waals surface area contributed by atoms with Crippen molar-refractivity contribution in [2.45, 2.75) is 6.42 Å². The molecule has 1 rings (SSSR count). The summed E-state index contributed by atoms with van der Waals surface area (Å²) in [5.41, 5.74) is 0. The molecule has 6 heavy (non-hydrogen) atoms. The zero-order chi connectivity index (χ0) is 4.41. The van der Waals surface area contributed by atoms with Crippen LogP contribution in [0, 0.1) is 0 Å². The summed E-state index contributed by atoms with van der Waals surface area (Å²) >= 11 is 0. The molecule has 2 heteroatoms. The van der Waals surface area contributed by atoms with Crippen LogP contribution in [0.15, 0.2) is 12.0 Å². The topological polar surface area (TPSA) is 12.0 Å². The standard InChI is InChI=1S/C4H6FN/c5-4-2-1-3-6-4/h2,6H,1,3H2. The van der Waals surface area contributed by atoms with E-state index >= 15 is 0 Å². The van der Waals surface area contributed by atoms with Crippen LogP contribution >= 0.6 is 0 Å². The van der Waals surface area contributed by atoms with E-state index in [2.05, 4.69) is 5.32 Å². The molecule has 0 aromatic carbocycles. The lowest BCUT2D eigenvalue weighted by molar-refractivity contribution is 0.573. The van der Waals surface area contributed by atoms with E-state index in [4.69, 9.17) is 0 Å². The lowest BCUT2D eigenvalue weighted by atomic mass is 10.5. The fraction of sp³-hybridized carbons (Fsp3) is 0.500. The molecule has 1 nitrogen and oxygen atoms in total. The first-order valence-electron chi connectivity index (χ1n) is 1.99. The summed E-state index contributed by atoms with van der Waals surface area (Å²) in [6, 6.07) is 0. The molecule has 1 N–H and O–H groups in total. The summed E-state index contributed by atoms with van der Waals surface area (Å²) < 4.78 is 11.7. The molecular formula is C4H6FN. The summed E-state index contributed by atoms with van der Waals surface area (Å²) in [5.74, 6) is -0.171. The van der Waals surface area contributed by atoms with Crippen LogP contribution in [0.25, 0.3) is 0 Å². The van der Waals surface area contributed by atoms with Gasteiger partial charge < -0.3 is 5.32 Å². The third-order valence-corrected chi connectivity index (χ3v) is 0.762. The van der Waals surface area contributed by atoms with E-state index in [1.165, 1.54) is 0 Å².